The zero-order valence-corrected chi connectivity index (χ0v) is 5.34. The Morgan fingerprint density at radius 2 is 2.11 bits per heavy atom. The van der Waals surface area contributed by atoms with E-state index in [9.17, 15) is 4.79 Å². The fourth-order valence-corrected chi connectivity index (χ4v) is 1.60. The van der Waals surface area contributed by atoms with Gasteiger partial charge in [-0.1, -0.05) is 0 Å². The summed E-state index contributed by atoms with van der Waals surface area (Å²) in [6.45, 7) is 3.99. The Balaban J connectivity index is 2.15. The highest BCUT2D eigenvalue weighted by atomic mass is 16.1. The number of hydrogen-bond donors (Lipinski definition) is 0. The first-order valence-corrected chi connectivity index (χ1v) is 3.49. The average molecular weight is 124 g/mol. The van der Waals surface area contributed by atoms with Gasteiger partial charge in [0.1, 0.15) is 0 Å². The molecule has 0 aliphatic carbocycles. The minimum absolute atomic E-state index is 0.354. The summed E-state index contributed by atoms with van der Waals surface area (Å²) in [6.07, 6.45) is 2.19. The van der Waals surface area contributed by atoms with Crippen molar-refractivity contribution in [1.82, 2.24) is 4.90 Å². The highest BCUT2D eigenvalue weighted by molar-refractivity contribution is 5.90. The van der Waals surface area contributed by atoms with Crippen LogP contribution in [-0.2, 0) is 4.79 Å². The molecule has 2 nitrogen and oxygen atoms in total. The van der Waals surface area contributed by atoms with Gasteiger partial charge in [-0.15, -0.1) is 0 Å². The monoisotopic (exact) mass is 124 g/mol. The van der Waals surface area contributed by atoms with E-state index in [-0.39, 0.29) is 0 Å². The molecule has 0 aromatic heterocycles. The third-order valence-electron chi connectivity index (χ3n) is 2.24. The minimum Gasteiger partial charge on any atom is -0.298 e. The molecule has 3 saturated heterocycles. The molecular formula is C7H10NO. The first-order chi connectivity index (χ1) is 4.36. The second-order valence-corrected chi connectivity index (χ2v) is 2.84. The van der Waals surface area contributed by atoms with Crippen molar-refractivity contribution < 1.29 is 4.79 Å². The quantitative estimate of drug-likeness (QED) is 0.467. The molecule has 3 heterocycles. The van der Waals surface area contributed by atoms with E-state index in [1.54, 1.807) is 6.54 Å². The van der Waals surface area contributed by atoms with Crippen molar-refractivity contribution in [2.75, 3.05) is 13.1 Å². The third kappa shape index (κ3) is 0.778. The molecule has 3 aliphatic heterocycles. The lowest BCUT2D eigenvalue weighted by Gasteiger charge is -2.36. The number of nitrogens with zero attached hydrogens (tertiary/aromatic N) is 1. The molecule has 2 bridgehead atoms. The summed E-state index contributed by atoms with van der Waals surface area (Å²) in [4.78, 5) is 13.1. The summed E-state index contributed by atoms with van der Waals surface area (Å²) in [6, 6.07) is 0. The lowest BCUT2D eigenvalue weighted by molar-refractivity contribution is -0.126. The van der Waals surface area contributed by atoms with Gasteiger partial charge in [-0.3, -0.25) is 9.69 Å². The molecule has 1 radical (unpaired) electrons. The summed E-state index contributed by atoms with van der Waals surface area (Å²) in [5, 5.41) is 0. The lowest BCUT2D eigenvalue weighted by Crippen LogP contribution is -2.44. The van der Waals surface area contributed by atoms with Crippen LogP contribution < -0.4 is 0 Å². The maximum Gasteiger partial charge on any atom is 0.155 e. The van der Waals surface area contributed by atoms with Crippen LogP contribution in [0.4, 0.5) is 0 Å². The molecular weight excluding hydrogens is 114 g/mol. The molecule has 0 atom stereocenters. The van der Waals surface area contributed by atoms with Crippen LogP contribution in [0.2, 0.25) is 0 Å². The van der Waals surface area contributed by atoms with E-state index in [0.29, 0.717) is 11.7 Å². The van der Waals surface area contributed by atoms with Crippen molar-refractivity contribution in [3.63, 3.8) is 0 Å². The Labute approximate surface area is 54.8 Å². The van der Waals surface area contributed by atoms with Gasteiger partial charge in [0.25, 0.3) is 0 Å². The molecule has 3 aliphatic rings. The van der Waals surface area contributed by atoms with Crippen molar-refractivity contribution in [2.45, 2.75) is 12.8 Å². The van der Waals surface area contributed by atoms with Gasteiger partial charge in [0.05, 0.1) is 6.54 Å². The Hall–Kier alpha value is -0.370. The van der Waals surface area contributed by atoms with Crippen LogP contribution in [0.25, 0.3) is 0 Å². The van der Waals surface area contributed by atoms with Crippen LogP contribution in [0.15, 0.2) is 0 Å². The number of ketones is 1. The highest BCUT2D eigenvalue weighted by Gasteiger charge is 2.32. The van der Waals surface area contributed by atoms with Crippen LogP contribution in [0.5, 0.6) is 0 Å². The number of fused-ring (bicyclic) bond motifs is 3. The summed E-state index contributed by atoms with van der Waals surface area (Å²) >= 11 is 0. The van der Waals surface area contributed by atoms with Crippen LogP contribution in [0.3, 0.4) is 0 Å². The largest absolute Gasteiger partial charge is 0.298 e. The summed E-state index contributed by atoms with van der Waals surface area (Å²) in [5.41, 5.74) is 0. The number of hydrogen-bond acceptors (Lipinski definition) is 2. The fraction of sp³-hybridized carbons (Fsp3) is 0.714. The predicted molar refractivity (Wildman–Crippen MR) is 33.6 cm³/mol. The molecule has 9 heavy (non-hydrogen) atoms. The van der Waals surface area contributed by atoms with Crippen molar-refractivity contribution in [2.24, 2.45) is 5.92 Å². The second kappa shape index (κ2) is 1.81. The van der Waals surface area contributed by atoms with Crippen LogP contribution in [0.1, 0.15) is 12.8 Å². The molecule has 0 amide bonds. The predicted octanol–water partition coefficient (Wildman–Crippen LogP) is 0.443. The van der Waals surface area contributed by atoms with Gasteiger partial charge in [-0.2, -0.15) is 0 Å². The second-order valence-electron chi connectivity index (χ2n) is 2.84. The molecule has 0 N–H and O–H groups in total. The van der Waals surface area contributed by atoms with E-state index in [0.717, 1.165) is 25.9 Å². The first-order valence-electron chi connectivity index (χ1n) is 3.49. The molecule has 2 heteroatoms. The number of Topliss-reactive ketones (excluding diaryl/α,β-unsaturated/α-hetero) is 1. The van der Waals surface area contributed by atoms with Gasteiger partial charge in [-0.05, 0) is 25.9 Å². The molecule has 0 spiro atoms. The molecule has 3 fully saturated rings. The van der Waals surface area contributed by atoms with Crippen molar-refractivity contribution in [1.29, 1.82) is 0 Å². The van der Waals surface area contributed by atoms with Gasteiger partial charge < -0.3 is 0 Å². The number of carbonyl (C=O) groups is 1. The molecule has 3 rings (SSSR count). The van der Waals surface area contributed by atoms with E-state index in [1.807, 2.05) is 0 Å². The standard InChI is InChI=1S/C7H10NO/c9-7-5-8-3-1-6(7)2-4-8/h5-6H,1-4H2. The first kappa shape index (κ1) is 5.42. The average Bonchev–Trinajstić information content (AvgIpc) is 1.90. The van der Waals surface area contributed by atoms with Gasteiger partial charge >= 0.3 is 0 Å². The van der Waals surface area contributed by atoms with Crippen molar-refractivity contribution in [3.8, 4) is 0 Å². The van der Waals surface area contributed by atoms with Gasteiger partial charge in [0.2, 0.25) is 0 Å². The van der Waals surface area contributed by atoms with E-state index in [4.69, 9.17) is 0 Å². The highest BCUT2D eigenvalue weighted by Crippen LogP contribution is 2.26. The van der Waals surface area contributed by atoms with Gasteiger partial charge in [0, 0.05) is 5.92 Å². The maximum atomic E-state index is 11.0. The van der Waals surface area contributed by atoms with E-state index in [2.05, 4.69) is 4.90 Å². The van der Waals surface area contributed by atoms with Crippen molar-refractivity contribution >= 4 is 5.78 Å². The smallest absolute Gasteiger partial charge is 0.155 e. The molecule has 49 valence electrons. The Morgan fingerprint density at radius 3 is 2.33 bits per heavy atom. The SMILES string of the molecule is O=C1[CH]N2CCC1CC2. The normalized spacial score (nSPS) is 41.6. The summed E-state index contributed by atoms with van der Waals surface area (Å²) < 4.78 is 0. The Kier molecular flexibility index (Phi) is 1.09. The molecule has 0 aromatic carbocycles. The Bertz CT molecular complexity index is 136. The zero-order valence-electron chi connectivity index (χ0n) is 5.34. The fourth-order valence-electron chi connectivity index (χ4n) is 1.60. The zero-order chi connectivity index (χ0) is 6.27. The van der Waals surface area contributed by atoms with Crippen molar-refractivity contribution in [3.05, 3.63) is 6.54 Å². The van der Waals surface area contributed by atoms with E-state index < -0.39 is 0 Å². The molecule has 0 aromatic rings. The van der Waals surface area contributed by atoms with Crippen LogP contribution in [-0.4, -0.2) is 23.8 Å². The number of carbonyl (C=O) groups excluding carboxylic acids is 1. The Morgan fingerprint density at radius 1 is 1.44 bits per heavy atom. The number of piperidine rings is 3. The maximum absolute atomic E-state index is 11.0. The molecule has 0 unspecified atom stereocenters. The molecule has 0 saturated carbocycles. The topological polar surface area (TPSA) is 20.3 Å². The lowest BCUT2D eigenvalue weighted by atomic mass is 9.87. The summed E-state index contributed by atoms with van der Waals surface area (Å²) in [7, 11) is 0. The van der Waals surface area contributed by atoms with E-state index in [1.165, 1.54) is 0 Å². The van der Waals surface area contributed by atoms with E-state index >= 15 is 0 Å². The van der Waals surface area contributed by atoms with Crippen LogP contribution >= 0.6 is 0 Å². The van der Waals surface area contributed by atoms with Crippen LogP contribution in [0, 0.1) is 12.5 Å². The number of rotatable bonds is 0. The third-order valence-corrected chi connectivity index (χ3v) is 2.24. The minimum atomic E-state index is 0.354. The van der Waals surface area contributed by atoms with Gasteiger partial charge in [0.15, 0.2) is 5.78 Å². The summed E-state index contributed by atoms with van der Waals surface area (Å²) in [5.74, 6) is 0.738. The van der Waals surface area contributed by atoms with Gasteiger partial charge in [-0.25, -0.2) is 0 Å².